The van der Waals surface area contributed by atoms with Crippen molar-refractivity contribution < 1.29 is 15.1 Å². The van der Waals surface area contributed by atoms with Crippen LogP contribution >= 0.6 is 39.1 Å². The Bertz CT molecular complexity index is 1020. The molecule has 0 aliphatic carbocycles. The van der Waals surface area contributed by atoms with Crippen LogP contribution in [0.25, 0.3) is 0 Å². The summed E-state index contributed by atoms with van der Waals surface area (Å²) in [4.78, 5) is 1.37. The topological polar surface area (TPSA) is 0 Å². The number of halogens is 2. The molecule has 0 aromatic heterocycles. The molecule has 0 saturated heterocycles. The van der Waals surface area contributed by atoms with Gasteiger partial charge in [0.05, 0.1) is 0 Å². The molecule has 0 nitrogen and oxygen atoms in total. The number of hydrogen-bond donors (Lipinski definition) is 0. The predicted octanol–water partition coefficient (Wildman–Crippen LogP) is 9.80. The maximum Gasteiger partial charge on any atom is 0.00719 e. The monoisotopic (exact) mass is 642 g/mol. The molecule has 0 aliphatic rings. The van der Waals surface area contributed by atoms with E-state index in [9.17, 15) is 0 Å². The number of hydrogen-bond acceptors (Lipinski definition) is 1. The molecular weight excluding hydrogens is 607 g/mol. The Morgan fingerprint density at radius 3 is 1.58 bits per heavy atom. The van der Waals surface area contributed by atoms with Crippen LogP contribution in [0.4, 0.5) is 0 Å². The molecule has 0 amide bonds. The Kier molecular flexibility index (Phi) is 16.4. The van der Waals surface area contributed by atoms with Gasteiger partial charge in [0.2, 0.25) is 0 Å². The van der Waals surface area contributed by atoms with Crippen LogP contribution in [0.1, 0.15) is 37.3 Å². The molecule has 0 N–H and O–H groups in total. The van der Waals surface area contributed by atoms with Gasteiger partial charge in [0.25, 0.3) is 0 Å². The van der Waals surface area contributed by atoms with Crippen LogP contribution < -0.4 is 10.6 Å². The van der Waals surface area contributed by atoms with Crippen molar-refractivity contribution in [3.8, 4) is 0 Å². The second-order valence-electron chi connectivity index (χ2n) is 8.45. The van der Waals surface area contributed by atoms with Crippen LogP contribution in [0, 0.1) is 6.92 Å². The van der Waals surface area contributed by atoms with Crippen molar-refractivity contribution in [2.45, 2.75) is 38.0 Å². The first kappa shape index (κ1) is 31.1. The van der Waals surface area contributed by atoms with Gasteiger partial charge in [0.1, 0.15) is 0 Å². The third-order valence-electron chi connectivity index (χ3n) is 5.42. The van der Waals surface area contributed by atoms with Gasteiger partial charge in [-0.25, -0.2) is 0 Å². The number of aryl methyl sites for hydroxylation is 1. The van der Waals surface area contributed by atoms with Gasteiger partial charge in [0.15, 0.2) is 0 Å². The fourth-order valence-electron chi connectivity index (χ4n) is 3.50. The first-order chi connectivity index (χ1) is 17.5. The van der Waals surface area contributed by atoms with E-state index >= 15 is 0 Å². The van der Waals surface area contributed by atoms with E-state index in [0.29, 0.717) is 5.92 Å². The van der Waals surface area contributed by atoms with Crippen molar-refractivity contribution in [2.24, 2.45) is 0 Å². The molecule has 36 heavy (non-hydrogen) atoms. The summed E-state index contributed by atoms with van der Waals surface area (Å²) in [6.45, 7) is 6.54. The molecule has 0 aliphatic heterocycles. The second kappa shape index (κ2) is 19.0. The number of benzene rings is 4. The first-order valence-electron chi connectivity index (χ1n) is 12.0. The van der Waals surface area contributed by atoms with Gasteiger partial charge in [-0.05, 0) is 67.4 Å². The molecule has 0 saturated carbocycles. The SMILES string of the molecule is Cc1ccc(C(C)C)cc1.[Cl][Ru][Cl].c1ccc(SCCCP(c2ccccc2)c2ccccc2)cc1. The molecule has 0 heterocycles. The number of rotatable bonds is 8. The smallest absolute Gasteiger partial charge is 0.00719 e. The molecule has 0 fully saturated rings. The largest absolute Gasteiger partial charge is 0.126 e. The average Bonchev–Trinajstić information content (AvgIpc) is 2.91. The molecule has 4 aromatic carbocycles. The van der Waals surface area contributed by atoms with E-state index in [1.807, 2.05) is 11.8 Å². The number of thioether (sulfide) groups is 1. The van der Waals surface area contributed by atoms with Crippen LogP contribution in [0.3, 0.4) is 0 Å². The summed E-state index contributed by atoms with van der Waals surface area (Å²) in [7, 11) is 9.46. The van der Waals surface area contributed by atoms with E-state index in [-0.39, 0.29) is 23.1 Å². The molecule has 0 unspecified atom stereocenters. The van der Waals surface area contributed by atoms with Crippen molar-refractivity contribution in [1.82, 2.24) is 0 Å². The van der Waals surface area contributed by atoms with Crippen molar-refractivity contribution in [3.05, 3.63) is 126 Å². The Hall–Kier alpha value is -1.14. The Morgan fingerprint density at radius 2 is 1.14 bits per heavy atom. The molecule has 0 radical (unpaired) electrons. The standard InChI is InChI=1S/C21H21PS.C10H14.2ClH.Ru/c1-4-11-19(12-5-1)22(20-13-6-2-7-14-20)17-10-18-23-21-15-8-3-9-16-21;1-8(2)10-6-4-9(3)5-7-10;;;/h1-9,11-16H,10,17-18H2;4-8H,1-3H3;2*1H;/q;;;;+2/p-2. The summed E-state index contributed by atoms with van der Waals surface area (Å²) >= 11 is 1.62. The summed E-state index contributed by atoms with van der Waals surface area (Å²) in [6, 6.07) is 41.4. The molecule has 4 rings (SSSR count). The maximum absolute atomic E-state index is 4.85. The quantitative estimate of drug-likeness (QED) is 0.0798. The predicted molar refractivity (Wildman–Crippen MR) is 163 cm³/mol. The van der Waals surface area contributed by atoms with Gasteiger partial charge in [-0.1, -0.05) is 123 Å². The molecule has 0 bridgehead atoms. The van der Waals surface area contributed by atoms with Crippen LogP contribution in [0.5, 0.6) is 0 Å². The minimum Gasteiger partial charge on any atom is -0.126 e. The summed E-state index contributed by atoms with van der Waals surface area (Å²) in [5.74, 6) is 1.84. The van der Waals surface area contributed by atoms with Crippen molar-refractivity contribution in [2.75, 3.05) is 11.9 Å². The van der Waals surface area contributed by atoms with Gasteiger partial charge in [-0.3, -0.25) is 0 Å². The summed E-state index contributed by atoms with van der Waals surface area (Å²) in [5.41, 5.74) is 2.76. The second-order valence-corrected chi connectivity index (χ2v) is 14.6. The molecular formula is C31H35Cl2PRuS. The van der Waals surface area contributed by atoms with E-state index in [2.05, 4.69) is 136 Å². The minimum absolute atomic E-state index is 0.245. The summed E-state index contributed by atoms with van der Waals surface area (Å²) < 4.78 is 0. The zero-order chi connectivity index (χ0) is 26.0. The fraction of sp³-hybridized carbons (Fsp3) is 0.226. The third-order valence-corrected chi connectivity index (χ3v) is 9.12. The zero-order valence-corrected chi connectivity index (χ0v) is 26.1. The fourth-order valence-corrected chi connectivity index (χ4v) is 6.94. The normalized spacial score (nSPS) is 10.4. The van der Waals surface area contributed by atoms with Crippen LogP contribution in [-0.4, -0.2) is 11.9 Å². The van der Waals surface area contributed by atoms with Crippen LogP contribution in [0.2, 0.25) is 0 Å². The van der Waals surface area contributed by atoms with Crippen molar-refractivity contribution in [1.29, 1.82) is 0 Å². The Labute approximate surface area is 239 Å². The van der Waals surface area contributed by atoms with Crippen LogP contribution in [-0.2, 0) is 15.1 Å². The molecule has 192 valence electrons. The first-order valence-corrected chi connectivity index (χ1v) is 19.0. The molecule has 0 spiro atoms. The molecule has 5 heteroatoms. The van der Waals surface area contributed by atoms with Crippen molar-refractivity contribution >= 4 is 49.7 Å². The summed E-state index contributed by atoms with van der Waals surface area (Å²) in [5, 5.41) is 2.97. The Balaban J connectivity index is 0.000000292. The summed E-state index contributed by atoms with van der Waals surface area (Å²) in [6.07, 6.45) is 2.50. The van der Waals surface area contributed by atoms with Gasteiger partial charge in [-0.2, -0.15) is 0 Å². The maximum atomic E-state index is 4.85. The van der Waals surface area contributed by atoms with Crippen LogP contribution in [0.15, 0.2) is 120 Å². The van der Waals surface area contributed by atoms with E-state index < -0.39 is 0 Å². The van der Waals surface area contributed by atoms with E-state index in [4.69, 9.17) is 19.4 Å². The van der Waals surface area contributed by atoms with E-state index in [1.54, 1.807) is 0 Å². The van der Waals surface area contributed by atoms with Gasteiger partial charge < -0.3 is 0 Å². The zero-order valence-electron chi connectivity index (χ0n) is 21.1. The van der Waals surface area contributed by atoms with Crippen molar-refractivity contribution in [3.63, 3.8) is 0 Å². The Morgan fingerprint density at radius 1 is 0.694 bits per heavy atom. The van der Waals surface area contributed by atoms with Gasteiger partial charge in [0, 0.05) is 4.90 Å². The van der Waals surface area contributed by atoms with Gasteiger partial charge in [-0.15, -0.1) is 11.8 Å². The average molecular weight is 643 g/mol. The molecule has 0 atom stereocenters. The van der Waals surface area contributed by atoms with E-state index in [1.165, 1.54) is 45.0 Å². The molecule has 4 aromatic rings. The van der Waals surface area contributed by atoms with Gasteiger partial charge >= 0.3 is 34.5 Å². The third kappa shape index (κ3) is 12.4. The minimum atomic E-state index is -0.346. The van der Waals surface area contributed by atoms with E-state index in [0.717, 1.165) is 0 Å².